The van der Waals surface area contributed by atoms with Crippen molar-refractivity contribution in [2.24, 2.45) is 0 Å². The average Bonchev–Trinajstić information content (AvgIpc) is 2.41. The van der Waals surface area contributed by atoms with Crippen LogP contribution in [0.5, 0.6) is 0 Å². The van der Waals surface area contributed by atoms with E-state index in [4.69, 9.17) is 0 Å². The van der Waals surface area contributed by atoms with Gasteiger partial charge in [-0.1, -0.05) is 30.3 Å². The van der Waals surface area contributed by atoms with E-state index in [1.165, 1.54) is 11.1 Å². The van der Waals surface area contributed by atoms with E-state index in [9.17, 15) is 0 Å². The Kier molecular flexibility index (Phi) is 2.56. The smallest absolute Gasteiger partial charge is 0.0897 e. The summed E-state index contributed by atoms with van der Waals surface area (Å²) in [7, 11) is 0. The number of aryl methyl sites for hydroxylation is 2. The molecule has 0 fully saturated rings. The molecule has 0 saturated carbocycles. The minimum absolute atomic E-state index is 0.923. The molecule has 3 aromatic rings. The normalized spacial score (nSPS) is 10.8. The molecule has 0 bridgehead atoms. The van der Waals surface area contributed by atoms with Gasteiger partial charge < -0.3 is 0 Å². The van der Waals surface area contributed by atoms with Crippen LogP contribution in [0.4, 0.5) is 0 Å². The fraction of sp³-hybridized carbons (Fsp3) is 0.125. The predicted octanol–water partition coefficient (Wildman–Crippen LogP) is 3.91. The third kappa shape index (κ3) is 1.86. The third-order valence-corrected chi connectivity index (χ3v) is 3.23. The van der Waals surface area contributed by atoms with Crippen LogP contribution in [0.25, 0.3) is 22.3 Å². The van der Waals surface area contributed by atoms with E-state index >= 15 is 0 Å². The van der Waals surface area contributed by atoms with Crippen molar-refractivity contribution in [2.75, 3.05) is 0 Å². The first-order chi connectivity index (χ1) is 8.74. The van der Waals surface area contributed by atoms with E-state index in [0.717, 1.165) is 22.3 Å². The minimum Gasteiger partial charge on any atom is -0.252 e. The molecule has 0 spiro atoms. The molecule has 2 nitrogen and oxygen atoms in total. The van der Waals surface area contributed by atoms with E-state index in [1.807, 2.05) is 24.4 Å². The molecule has 18 heavy (non-hydrogen) atoms. The maximum Gasteiger partial charge on any atom is 0.0897 e. The van der Waals surface area contributed by atoms with Crippen LogP contribution in [0.1, 0.15) is 11.1 Å². The Balaban J connectivity index is 2.20. The van der Waals surface area contributed by atoms with Gasteiger partial charge in [0.2, 0.25) is 0 Å². The van der Waals surface area contributed by atoms with Gasteiger partial charge in [0.25, 0.3) is 0 Å². The Hall–Kier alpha value is -2.22. The summed E-state index contributed by atoms with van der Waals surface area (Å²) < 4.78 is 0. The van der Waals surface area contributed by atoms with E-state index in [0.29, 0.717) is 0 Å². The van der Waals surface area contributed by atoms with E-state index in [2.05, 4.69) is 48.1 Å². The largest absolute Gasteiger partial charge is 0.252 e. The monoisotopic (exact) mass is 234 g/mol. The van der Waals surface area contributed by atoms with Crippen molar-refractivity contribution in [2.45, 2.75) is 13.8 Å². The van der Waals surface area contributed by atoms with Crippen molar-refractivity contribution >= 4 is 11.0 Å². The second kappa shape index (κ2) is 4.22. The van der Waals surface area contributed by atoms with Crippen LogP contribution in [0, 0.1) is 13.8 Å². The molecule has 1 aromatic heterocycles. The molecule has 0 aliphatic heterocycles. The quantitative estimate of drug-likeness (QED) is 0.638. The highest BCUT2D eigenvalue weighted by molar-refractivity contribution is 5.78. The zero-order valence-electron chi connectivity index (χ0n) is 10.5. The summed E-state index contributed by atoms with van der Waals surface area (Å²) in [5.74, 6) is 0. The summed E-state index contributed by atoms with van der Waals surface area (Å²) in [4.78, 5) is 9.18. The van der Waals surface area contributed by atoms with Crippen molar-refractivity contribution in [3.05, 3.63) is 59.8 Å². The van der Waals surface area contributed by atoms with Gasteiger partial charge in [0.1, 0.15) is 0 Å². The van der Waals surface area contributed by atoms with Crippen molar-refractivity contribution in [3.8, 4) is 11.3 Å². The standard InChI is InChI=1S/C16H14N2/c1-11-8-14-15(9-12(11)2)18-16(10-17-14)13-6-4-3-5-7-13/h3-10H,1-2H3. The molecule has 2 aromatic carbocycles. The third-order valence-electron chi connectivity index (χ3n) is 3.23. The van der Waals surface area contributed by atoms with Crippen LogP contribution in [0.15, 0.2) is 48.7 Å². The molecule has 0 atom stereocenters. The fourth-order valence-corrected chi connectivity index (χ4v) is 2.02. The second-order valence-corrected chi connectivity index (χ2v) is 4.55. The topological polar surface area (TPSA) is 25.8 Å². The lowest BCUT2D eigenvalue weighted by Crippen LogP contribution is -1.91. The van der Waals surface area contributed by atoms with Crippen LogP contribution >= 0.6 is 0 Å². The lowest BCUT2D eigenvalue weighted by Gasteiger charge is -2.05. The van der Waals surface area contributed by atoms with Crippen LogP contribution in [-0.2, 0) is 0 Å². The molecule has 0 N–H and O–H groups in total. The van der Waals surface area contributed by atoms with Gasteiger partial charge in [-0.25, -0.2) is 4.98 Å². The number of rotatable bonds is 1. The molecular formula is C16H14N2. The molecule has 0 aliphatic rings. The van der Waals surface area contributed by atoms with E-state index < -0.39 is 0 Å². The van der Waals surface area contributed by atoms with Crippen LogP contribution in [0.3, 0.4) is 0 Å². The molecule has 0 unspecified atom stereocenters. The Morgan fingerprint density at radius 3 is 2.22 bits per heavy atom. The van der Waals surface area contributed by atoms with Crippen LogP contribution in [0.2, 0.25) is 0 Å². The predicted molar refractivity (Wildman–Crippen MR) is 74.4 cm³/mol. The van der Waals surface area contributed by atoms with Gasteiger partial charge in [-0.3, -0.25) is 4.98 Å². The number of nitrogens with zero attached hydrogens (tertiary/aromatic N) is 2. The second-order valence-electron chi connectivity index (χ2n) is 4.55. The first-order valence-corrected chi connectivity index (χ1v) is 6.03. The van der Waals surface area contributed by atoms with Gasteiger partial charge in [-0.05, 0) is 37.1 Å². The number of benzene rings is 2. The fourth-order valence-electron chi connectivity index (χ4n) is 2.02. The van der Waals surface area contributed by atoms with E-state index in [-0.39, 0.29) is 0 Å². The van der Waals surface area contributed by atoms with E-state index in [1.54, 1.807) is 0 Å². The van der Waals surface area contributed by atoms with Crippen molar-refractivity contribution < 1.29 is 0 Å². The Morgan fingerprint density at radius 2 is 1.50 bits per heavy atom. The molecule has 0 saturated heterocycles. The summed E-state index contributed by atoms with van der Waals surface area (Å²) in [6.07, 6.45) is 1.84. The van der Waals surface area contributed by atoms with Crippen LogP contribution < -0.4 is 0 Å². The first kappa shape index (κ1) is 10.9. The molecule has 3 rings (SSSR count). The van der Waals surface area contributed by atoms with Crippen molar-refractivity contribution in [1.82, 2.24) is 9.97 Å². The SMILES string of the molecule is Cc1cc2ncc(-c3ccccc3)nc2cc1C. The van der Waals surface area contributed by atoms with Gasteiger partial charge in [-0.2, -0.15) is 0 Å². The average molecular weight is 234 g/mol. The van der Waals surface area contributed by atoms with Crippen molar-refractivity contribution in [3.63, 3.8) is 0 Å². The molecule has 0 amide bonds. The first-order valence-electron chi connectivity index (χ1n) is 6.03. The number of aromatic nitrogens is 2. The Labute approximate surface area is 106 Å². The maximum atomic E-state index is 4.68. The zero-order chi connectivity index (χ0) is 12.5. The lowest BCUT2D eigenvalue weighted by molar-refractivity contribution is 1.26. The van der Waals surface area contributed by atoms with Gasteiger partial charge in [0.05, 0.1) is 22.9 Å². The highest BCUT2D eigenvalue weighted by Gasteiger charge is 2.04. The van der Waals surface area contributed by atoms with Crippen LogP contribution in [-0.4, -0.2) is 9.97 Å². The summed E-state index contributed by atoms with van der Waals surface area (Å²) >= 11 is 0. The number of fused-ring (bicyclic) bond motifs is 1. The molecule has 1 heterocycles. The highest BCUT2D eigenvalue weighted by atomic mass is 14.8. The highest BCUT2D eigenvalue weighted by Crippen LogP contribution is 2.20. The maximum absolute atomic E-state index is 4.68. The molecule has 2 heteroatoms. The Bertz CT molecular complexity index is 703. The van der Waals surface area contributed by atoms with Gasteiger partial charge in [-0.15, -0.1) is 0 Å². The van der Waals surface area contributed by atoms with Gasteiger partial charge in [0.15, 0.2) is 0 Å². The van der Waals surface area contributed by atoms with Gasteiger partial charge >= 0.3 is 0 Å². The molecule has 0 radical (unpaired) electrons. The minimum atomic E-state index is 0.923. The number of hydrogen-bond donors (Lipinski definition) is 0. The Morgan fingerprint density at radius 1 is 0.833 bits per heavy atom. The summed E-state index contributed by atoms with van der Waals surface area (Å²) in [6.45, 7) is 4.20. The molecular weight excluding hydrogens is 220 g/mol. The molecule has 88 valence electrons. The summed E-state index contributed by atoms with van der Waals surface area (Å²) in [5, 5.41) is 0. The summed E-state index contributed by atoms with van der Waals surface area (Å²) in [5.41, 5.74) is 6.44. The lowest BCUT2D eigenvalue weighted by atomic mass is 10.1. The molecule has 0 aliphatic carbocycles. The number of hydrogen-bond acceptors (Lipinski definition) is 2. The summed E-state index contributed by atoms with van der Waals surface area (Å²) in [6, 6.07) is 14.3. The zero-order valence-corrected chi connectivity index (χ0v) is 10.5. The van der Waals surface area contributed by atoms with Gasteiger partial charge in [0, 0.05) is 5.56 Å². The van der Waals surface area contributed by atoms with Crippen molar-refractivity contribution in [1.29, 1.82) is 0 Å².